The Morgan fingerprint density at radius 2 is 1.91 bits per heavy atom. The molecule has 7 nitrogen and oxygen atoms in total. The van der Waals surface area contributed by atoms with Crippen LogP contribution in [0.3, 0.4) is 0 Å². The molecule has 1 aliphatic carbocycles. The van der Waals surface area contributed by atoms with Crippen LogP contribution in [0.4, 0.5) is 0 Å². The number of carbonyl (C=O) groups is 1. The molecule has 1 heterocycles. The predicted octanol–water partition coefficient (Wildman–Crippen LogP) is 3.28. The van der Waals surface area contributed by atoms with Gasteiger partial charge in [0.2, 0.25) is 5.91 Å². The molecule has 0 aromatic heterocycles. The Labute approximate surface area is 210 Å². The number of aliphatic imine (C=N–C) groups is 1. The molecule has 1 saturated carbocycles. The number of halogens is 1. The van der Waals surface area contributed by atoms with Crippen molar-refractivity contribution in [3.05, 3.63) is 29.8 Å². The van der Waals surface area contributed by atoms with Crippen molar-refractivity contribution >= 4 is 35.8 Å². The largest absolute Gasteiger partial charge is 0.490 e. The maximum Gasteiger partial charge on any atom is 0.233 e. The summed E-state index contributed by atoms with van der Waals surface area (Å²) >= 11 is 0. The average molecular weight is 558 g/mol. The molecule has 2 fully saturated rings. The lowest BCUT2D eigenvalue weighted by Crippen LogP contribution is -2.50. The Kier molecular flexibility index (Phi) is 12.2. The molecular formula is C24H40IN5O2. The first-order valence-corrected chi connectivity index (χ1v) is 11.9. The molecule has 1 aliphatic heterocycles. The second kappa shape index (κ2) is 14.6. The van der Waals surface area contributed by atoms with E-state index in [9.17, 15) is 4.79 Å². The van der Waals surface area contributed by atoms with Gasteiger partial charge in [-0.3, -0.25) is 9.69 Å². The maximum atomic E-state index is 11.6. The van der Waals surface area contributed by atoms with Gasteiger partial charge in [-0.25, -0.2) is 4.99 Å². The summed E-state index contributed by atoms with van der Waals surface area (Å²) in [7, 11) is 1.69. The van der Waals surface area contributed by atoms with Gasteiger partial charge in [-0.05, 0) is 63.1 Å². The Balaban J connectivity index is 0.00000363. The minimum absolute atomic E-state index is 0. The molecule has 1 aromatic carbocycles. The van der Waals surface area contributed by atoms with E-state index in [2.05, 4.69) is 52.0 Å². The third kappa shape index (κ3) is 9.13. The highest BCUT2D eigenvalue weighted by Gasteiger charge is 2.21. The summed E-state index contributed by atoms with van der Waals surface area (Å²) in [6, 6.07) is 8.72. The normalized spacial score (nSPS) is 18.5. The molecular weight excluding hydrogens is 517 g/mol. The quantitative estimate of drug-likeness (QED) is 0.260. The molecule has 32 heavy (non-hydrogen) atoms. The molecule has 180 valence electrons. The Morgan fingerprint density at radius 3 is 2.59 bits per heavy atom. The van der Waals surface area contributed by atoms with Crippen LogP contribution in [-0.4, -0.2) is 62.1 Å². The number of hydrogen-bond donors (Lipinski definition) is 3. The smallest absolute Gasteiger partial charge is 0.233 e. The number of nitrogens with zero attached hydrogens (tertiary/aromatic N) is 2. The van der Waals surface area contributed by atoms with E-state index < -0.39 is 0 Å². The van der Waals surface area contributed by atoms with Crippen molar-refractivity contribution in [1.29, 1.82) is 0 Å². The van der Waals surface area contributed by atoms with E-state index in [4.69, 9.17) is 9.73 Å². The number of likely N-dealkylation sites (N-methyl/N-ethyl adjacent to an activating group) is 1. The number of amides is 1. The molecule has 0 radical (unpaired) electrons. The van der Waals surface area contributed by atoms with Crippen LogP contribution < -0.4 is 20.7 Å². The number of likely N-dealkylation sites (tertiary alicyclic amines) is 1. The van der Waals surface area contributed by atoms with Gasteiger partial charge in [0.15, 0.2) is 5.96 Å². The Morgan fingerprint density at radius 1 is 1.16 bits per heavy atom. The van der Waals surface area contributed by atoms with E-state index in [1.165, 1.54) is 32.1 Å². The Hall–Kier alpha value is -1.55. The summed E-state index contributed by atoms with van der Waals surface area (Å²) in [5, 5.41) is 9.64. The van der Waals surface area contributed by atoms with Crippen LogP contribution in [0.5, 0.6) is 5.75 Å². The van der Waals surface area contributed by atoms with Gasteiger partial charge < -0.3 is 20.7 Å². The van der Waals surface area contributed by atoms with Gasteiger partial charge in [0.25, 0.3) is 0 Å². The van der Waals surface area contributed by atoms with Crippen molar-refractivity contribution in [1.82, 2.24) is 20.9 Å². The molecule has 3 rings (SSSR count). The maximum absolute atomic E-state index is 11.6. The number of carbonyl (C=O) groups excluding carboxylic acids is 1. The van der Waals surface area contributed by atoms with Crippen LogP contribution >= 0.6 is 24.0 Å². The number of ether oxygens (including phenoxy) is 1. The topological polar surface area (TPSA) is 78.0 Å². The fraction of sp³-hybridized carbons (Fsp3) is 0.667. The third-order valence-electron chi connectivity index (χ3n) is 6.09. The van der Waals surface area contributed by atoms with Crippen molar-refractivity contribution in [3.63, 3.8) is 0 Å². The van der Waals surface area contributed by atoms with Gasteiger partial charge in [0.1, 0.15) is 5.75 Å². The highest BCUT2D eigenvalue weighted by Crippen LogP contribution is 2.24. The first kappa shape index (κ1) is 26.7. The number of hydrogen-bond acceptors (Lipinski definition) is 4. The van der Waals surface area contributed by atoms with Crippen molar-refractivity contribution in [2.75, 3.05) is 33.2 Å². The molecule has 1 saturated heterocycles. The lowest BCUT2D eigenvalue weighted by atomic mass is 9.98. The first-order chi connectivity index (χ1) is 15.2. The molecule has 8 heteroatoms. The average Bonchev–Trinajstić information content (AvgIpc) is 2.80. The monoisotopic (exact) mass is 557 g/mol. The van der Waals surface area contributed by atoms with Gasteiger partial charge in [-0.15, -0.1) is 24.0 Å². The SMILES string of the molecule is CCNC(=NCc1cccc(OC2CCCCC2)c1)NC1CCN(CC(=O)NC)CC1.I. The van der Waals surface area contributed by atoms with Crippen molar-refractivity contribution in [3.8, 4) is 5.75 Å². The summed E-state index contributed by atoms with van der Waals surface area (Å²) in [4.78, 5) is 18.6. The number of rotatable bonds is 8. The summed E-state index contributed by atoms with van der Waals surface area (Å²) < 4.78 is 6.20. The lowest BCUT2D eigenvalue weighted by Gasteiger charge is -2.32. The van der Waals surface area contributed by atoms with Crippen molar-refractivity contribution in [2.24, 2.45) is 4.99 Å². The second-order valence-corrected chi connectivity index (χ2v) is 8.59. The van der Waals surface area contributed by atoms with Crippen molar-refractivity contribution < 1.29 is 9.53 Å². The van der Waals surface area contributed by atoms with E-state index in [1.54, 1.807) is 7.05 Å². The van der Waals surface area contributed by atoms with E-state index in [1.807, 2.05) is 0 Å². The zero-order chi connectivity index (χ0) is 21.9. The van der Waals surface area contributed by atoms with Crippen LogP contribution in [0, 0.1) is 0 Å². The van der Waals surface area contributed by atoms with Gasteiger partial charge in [0.05, 0.1) is 19.2 Å². The summed E-state index contributed by atoms with van der Waals surface area (Å²) in [6.45, 7) is 5.85. The molecule has 0 unspecified atom stereocenters. The van der Waals surface area contributed by atoms with Crippen LogP contribution in [0.15, 0.2) is 29.3 Å². The molecule has 1 aromatic rings. The molecule has 1 amide bonds. The molecule has 3 N–H and O–H groups in total. The number of piperidine rings is 1. The van der Waals surface area contributed by atoms with E-state index in [0.717, 1.165) is 49.7 Å². The highest BCUT2D eigenvalue weighted by molar-refractivity contribution is 14.0. The van der Waals surface area contributed by atoms with Crippen LogP contribution in [0.25, 0.3) is 0 Å². The number of benzene rings is 1. The van der Waals surface area contributed by atoms with Gasteiger partial charge >= 0.3 is 0 Å². The van der Waals surface area contributed by atoms with Crippen LogP contribution in [0.1, 0.15) is 57.4 Å². The fourth-order valence-electron chi connectivity index (χ4n) is 4.29. The summed E-state index contributed by atoms with van der Waals surface area (Å²) in [6.07, 6.45) is 8.59. The van der Waals surface area contributed by atoms with E-state index in [0.29, 0.717) is 25.2 Å². The standard InChI is InChI=1S/C24H39N5O2.HI/c1-3-26-24(28-20-12-14-29(15-13-20)18-23(30)25-2)27-17-19-8-7-11-22(16-19)31-21-9-5-4-6-10-21;/h7-8,11,16,20-21H,3-6,9-10,12-15,17-18H2,1-2H3,(H,25,30)(H2,26,27,28);1H. The Bertz CT molecular complexity index is 716. The van der Waals surface area contributed by atoms with Gasteiger partial charge in [-0.1, -0.05) is 18.6 Å². The first-order valence-electron chi connectivity index (χ1n) is 11.9. The minimum atomic E-state index is 0. The zero-order valence-corrected chi connectivity index (χ0v) is 21.9. The zero-order valence-electron chi connectivity index (χ0n) is 19.6. The molecule has 0 bridgehead atoms. The highest BCUT2D eigenvalue weighted by atomic mass is 127. The minimum Gasteiger partial charge on any atom is -0.490 e. The summed E-state index contributed by atoms with van der Waals surface area (Å²) in [5.41, 5.74) is 1.16. The number of guanidine groups is 1. The van der Waals surface area contributed by atoms with Crippen LogP contribution in [0.2, 0.25) is 0 Å². The van der Waals surface area contributed by atoms with Gasteiger partial charge in [-0.2, -0.15) is 0 Å². The van der Waals surface area contributed by atoms with E-state index in [-0.39, 0.29) is 29.9 Å². The van der Waals surface area contributed by atoms with Crippen LogP contribution in [-0.2, 0) is 11.3 Å². The second-order valence-electron chi connectivity index (χ2n) is 8.59. The van der Waals surface area contributed by atoms with Crippen molar-refractivity contribution in [2.45, 2.75) is 70.6 Å². The van der Waals surface area contributed by atoms with E-state index >= 15 is 0 Å². The third-order valence-corrected chi connectivity index (χ3v) is 6.09. The molecule has 2 aliphatic rings. The number of nitrogens with one attached hydrogen (secondary N) is 3. The lowest BCUT2D eigenvalue weighted by molar-refractivity contribution is -0.122. The fourth-order valence-corrected chi connectivity index (χ4v) is 4.29. The predicted molar refractivity (Wildman–Crippen MR) is 141 cm³/mol. The van der Waals surface area contributed by atoms with Gasteiger partial charge in [0, 0.05) is 32.7 Å². The molecule has 0 spiro atoms. The summed E-state index contributed by atoms with van der Waals surface area (Å²) in [5.74, 6) is 1.89. The molecule has 0 atom stereocenters.